The highest BCUT2D eigenvalue weighted by molar-refractivity contribution is 9.09. The van der Waals surface area contributed by atoms with Crippen molar-refractivity contribution in [3.8, 4) is 0 Å². The van der Waals surface area contributed by atoms with Gasteiger partial charge in [0.15, 0.2) is 0 Å². The quantitative estimate of drug-likeness (QED) is 0.392. The Balaban J connectivity index is 2.09. The lowest BCUT2D eigenvalue weighted by Crippen LogP contribution is -1.92. The van der Waals surface area contributed by atoms with Crippen LogP contribution in [0.25, 0.3) is 0 Å². The Bertz CT molecular complexity index is 53.5. The van der Waals surface area contributed by atoms with E-state index in [-0.39, 0.29) is 0 Å². The van der Waals surface area contributed by atoms with Gasteiger partial charge in [-0.3, -0.25) is 4.90 Å². The van der Waals surface area contributed by atoms with Crippen molar-refractivity contribution in [1.29, 1.82) is 0 Å². The molecule has 1 saturated heterocycles. The average molecular weight is 150 g/mol. The first kappa shape index (κ1) is 4.60. The van der Waals surface area contributed by atoms with Crippen LogP contribution < -0.4 is 0 Å². The molecule has 0 saturated carbocycles. The fraction of sp³-hybridized carbons (Fsp3) is 1.00. The number of hydrogen-bond acceptors (Lipinski definition) is 1. The van der Waals surface area contributed by atoms with Crippen molar-refractivity contribution >= 4 is 15.9 Å². The third-order valence-corrected chi connectivity index (χ3v) is 1.91. The van der Waals surface area contributed by atoms with Gasteiger partial charge in [0.25, 0.3) is 0 Å². The summed E-state index contributed by atoms with van der Waals surface area (Å²) in [6, 6.07) is 0.852. The van der Waals surface area contributed by atoms with Crippen molar-refractivity contribution in [1.82, 2.24) is 4.90 Å². The van der Waals surface area contributed by atoms with Crippen LogP contribution in [-0.2, 0) is 0 Å². The summed E-state index contributed by atoms with van der Waals surface area (Å²) in [5.41, 5.74) is 0. The van der Waals surface area contributed by atoms with E-state index in [1.54, 1.807) is 0 Å². The van der Waals surface area contributed by atoms with Crippen LogP contribution in [0.1, 0.15) is 0 Å². The molecule has 2 atom stereocenters. The zero-order chi connectivity index (χ0) is 4.57. The maximum absolute atomic E-state index is 3.37. The minimum atomic E-state index is 0.852. The van der Waals surface area contributed by atoms with E-state index in [4.69, 9.17) is 0 Å². The van der Waals surface area contributed by atoms with E-state index in [0.717, 1.165) is 11.4 Å². The highest BCUT2D eigenvalue weighted by atomic mass is 79.9. The van der Waals surface area contributed by atoms with Gasteiger partial charge in [-0.25, -0.2) is 0 Å². The number of likely N-dealkylation sites (N-methyl/N-ethyl adjacent to an activating group) is 1. The predicted octanol–water partition coefficient (Wildman–Crippen LogP) is 0.695. The molecular weight excluding hydrogens is 142 g/mol. The van der Waals surface area contributed by atoms with E-state index in [0.29, 0.717) is 0 Å². The minimum Gasteiger partial charge on any atom is -0.300 e. The van der Waals surface area contributed by atoms with E-state index in [2.05, 4.69) is 27.9 Å². The van der Waals surface area contributed by atoms with Gasteiger partial charge in [0.2, 0.25) is 0 Å². The van der Waals surface area contributed by atoms with Crippen molar-refractivity contribution in [3.63, 3.8) is 0 Å². The lowest BCUT2D eigenvalue weighted by molar-refractivity contribution is 0.643. The van der Waals surface area contributed by atoms with Gasteiger partial charge >= 0.3 is 0 Å². The summed E-state index contributed by atoms with van der Waals surface area (Å²) in [6.45, 7) is 1.28. The van der Waals surface area contributed by atoms with Gasteiger partial charge < -0.3 is 0 Å². The first-order valence-corrected chi connectivity index (χ1v) is 3.23. The molecule has 2 heteroatoms. The molecule has 0 amide bonds. The summed E-state index contributed by atoms with van der Waals surface area (Å²) in [4.78, 5) is 2.30. The molecule has 0 N–H and O–H groups in total. The average Bonchev–Trinajstić information content (AvgIpc) is 2.19. The van der Waals surface area contributed by atoms with E-state index >= 15 is 0 Å². The van der Waals surface area contributed by atoms with Gasteiger partial charge in [0, 0.05) is 17.9 Å². The maximum atomic E-state index is 3.37. The first-order valence-electron chi connectivity index (χ1n) is 2.11. The van der Waals surface area contributed by atoms with Gasteiger partial charge in [0.1, 0.15) is 0 Å². The summed E-state index contributed by atoms with van der Waals surface area (Å²) in [5.74, 6) is 0. The molecule has 1 heterocycles. The smallest absolute Gasteiger partial charge is 0.0317 e. The normalized spacial score (nSPS) is 43.0. The highest BCUT2D eigenvalue weighted by Gasteiger charge is 2.27. The molecule has 36 valence electrons. The largest absolute Gasteiger partial charge is 0.300 e. The van der Waals surface area contributed by atoms with Gasteiger partial charge in [0.05, 0.1) is 0 Å². The van der Waals surface area contributed by atoms with Crippen molar-refractivity contribution in [2.24, 2.45) is 0 Å². The molecule has 1 nitrogen and oxygen atoms in total. The molecule has 0 aromatic heterocycles. The first-order chi connectivity index (χ1) is 2.84. The SMILES string of the molecule is CN1CC1CBr. The maximum Gasteiger partial charge on any atom is 0.0317 e. The number of nitrogens with zero attached hydrogens (tertiary/aromatic N) is 1. The second-order valence-electron chi connectivity index (χ2n) is 1.75. The van der Waals surface area contributed by atoms with Crippen LogP contribution in [0.2, 0.25) is 0 Å². The van der Waals surface area contributed by atoms with Crippen LogP contribution in [0.5, 0.6) is 0 Å². The van der Waals surface area contributed by atoms with Crippen molar-refractivity contribution in [2.45, 2.75) is 6.04 Å². The van der Waals surface area contributed by atoms with Gasteiger partial charge in [-0.2, -0.15) is 0 Å². The summed E-state index contributed by atoms with van der Waals surface area (Å²) in [7, 11) is 2.13. The van der Waals surface area contributed by atoms with Crippen molar-refractivity contribution in [2.75, 3.05) is 18.9 Å². The van der Waals surface area contributed by atoms with E-state index in [1.807, 2.05) is 0 Å². The zero-order valence-corrected chi connectivity index (χ0v) is 5.40. The Morgan fingerprint density at radius 3 is 2.50 bits per heavy atom. The van der Waals surface area contributed by atoms with Crippen LogP contribution in [0, 0.1) is 0 Å². The predicted molar refractivity (Wildman–Crippen MR) is 30.2 cm³/mol. The Hall–Kier alpha value is 0.440. The van der Waals surface area contributed by atoms with Crippen LogP contribution >= 0.6 is 15.9 Å². The highest BCUT2D eigenvalue weighted by Crippen LogP contribution is 2.14. The van der Waals surface area contributed by atoms with E-state index < -0.39 is 0 Å². The number of halogens is 1. The summed E-state index contributed by atoms with van der Waals surface area (Å²) in [5, 5.41) is 1.14. The second kappa shape index (κ2) is 1.51. The van der Waals surface area contributed by atoms with Crippen LogP contribution in [-0.4, -0.2) is 29.9 Å². The van der Waals surface area contributed by atoms with Crippen molar-refractivity contribution in [3.05, 3.63) is 0 Å². The molecular formula is C4H8BrN. The lowest BCUT2D eigenvalue weighted by atomic mass is 10.6. The summed E-state index contributed by atoms with van der Waals surface area (Å²) >= 11 is 3.37. The minimum absolute atomic E-state index is 0.852. The lowest BCUT2D eigenvalue weighted by Gasteiger charge is -1.81. The van der Waals surface area contributed by atoms with Crippen LogP contribution in [0.15, 0.2) is 0 Å². The monoisotopic (exact) mass is 149 g/mol. The molecule has 0 bridgehead atoms. The third-order valence-electron chi connectivity index (χ3n) is 1.17. The third kappa shape index (κ3) is 0.738. The van der Waals surface area contributed by atoms with Crippen molar-refractivity contribution < 1.29 is 0 Å². The topological polar surface area (TPSA) is 3.01 Å². The fourth-order valence-corrected chi connectivity index (χ4v) is 1.15. The standard InChI is InChI=1S/C4H8BrN/c1-6-3-4(6)2-5/h4H,2-3H2,1H3. The van der Waals surface area contributed by atoms with Gasteiger partial charge in [-0.05, 0) is 7.05 Å². The Labute approximate surface area is 46.5 Å². The van der Waals surface area contributed by atoms with E-state index in [1.165, 1.54) is 6.54 Å². The molecule has 1 fully saturated rings. The van der Waals surface area contributed by atoms with Crippen LogP contribution in [0.4, 0.5) is 0 Å². The summed E-state index contributed by atoms with van der Waals surface area (Å²) < 4.78 is 0. The molecule has 0 spiro atoms. The molecule has 1 aliphatic heterocycles. The summed E-state index contributed by atoms with van der Waals surface area (Å²) in [6.07, 6.45) is 0. The molecule has 1 rings (SSSR count). The fourth-order valence-electron chi connectivity index (χ4n) is 0.452. The number of alkyl halides is 1. The van der Waals surface area contributed by atoms with Gasteiger partial charge in [-0.1, -0.05) is 15.9 Å². The molecule has 0 radical (unpaired) electrons. The van der Waals surface area contributed by atoms with E-state index in [9.17, 15) is 0 Å². The molecule has 2 unspecified atom stereocenters. The molecule has 1 aliphatic rings. The molecule has 6 heavy (non-hydrogen) atoms. The second-order valence-corrected chi connectivity index (χ2v) is 2.40. The number of hydrogen-bond donors (Lipinski definition) is 0. The zero-order valence-electron chi connectivity index (χ0n) is 3.82. The molecule has 0 aromatic carbocycles. The Morgan fingerprint density at radius 2 is 2.50 bits per heavy atom. The van der Waals surface area contributed by atoms with Crippen LogP contribution in [0.3, 0.4) is 0 Å². The Morgan fingerprint density at radius 1 is 2.00 bits per heavy atom. The van der Waals surface area contributed by atoms with Gasteiger partial charge in [-0.15, -0.1) is 0 Å². The molecule has 0 aromatic rings. The molecule has 0 aliphatic carbocycles. The number of rotatable bonds is 1. The Kier molecular flexibility index (Phi) is 1.15.